The number of H-pyrrole nitrogens is 1. The van der Waals surface area contributed by atoms with Gasteiger partial charge in [0.1, 0.15) is 0 Å². The minimum Gasteiger partial charge on any atom is -0.488 e. The number of hydrogen-bond donors (Lipinski definition) is 2. The highest BCUT2D eigenvalue weighted by atomic mass is 19.4. The molecule has 0 amide bonds. The molecule has 0 fully saturated rings. The molecule has 3 N–H and O–H groups in total. The molecule has 1 aromatic carbocycles. The quantitative estimate of drug-likeness (QED) is 0.729. The Kier molecular flexibility index (Phi) is 6.25. The maximum Gasteiger partial charge on any atom is 0.416 e. The Morgan fingerprint density at radius 1 is 1.31 bits per heavy atom. The van der Waals surface area contributed by atoms with E-state index >= 15 is 0 Å². The molecule has 2 rings (SSSR count). The summed E-state index contributed by atoms with van der Waals surface area (Å²) < 4.78 is 59.8. The molecule has 5 nitrogen and oxygen atoms in total. The molecule has 0 saturated carbocycles. The topological polar surface area (TPSA) is 67.2 Å². The summed E-state index contributed by atoms with van der Waals surface area (Å²) in [5, 5.41) is 6.46. The summed E-state index contributed by atoms with van der Waals surface area (Å²) in [6, 6.07) is 1.44. The maximum atomic E-state index is 14.9. The first-order valence-corrected chi connectivity index (χ1v) is 8.12. The highest BCUT2D eigenvalue weighted by Gasteiger charge is 2.33. The zero-order valence-corrected chi connectivity index (χ0v) is 14.8. The van der Waals surface area contributed by atoms with E-state index in [0.29, 0.717) is 31.3 Å². The van der Waals surface area contributed by atoms with E-state index in [9.17, 15) is 17.6 Å². The van der Waals surface area contributed by atoms with Gasteiger partial charge in [-0.25, -0.2) is 4.39 Å². The van der Waals surface area contributed by atoms with E-state index in [2.05, 4.69) is 10.2 Å². The van der Waals surface area contributed by atoms with Crippen LogP contribution in [0.25, 0.3) is 11.3 Å². The molecular formula is C17H22F4N4O. The zero-order valence-electron chi connectivity index (χ0n) is 14.8. The molecule has 0 spiro atoms. The van der Waals surface area contributed by atoms with E-state index in [1.165, 1.54) is 6.20 Å². The molecule has 0 aliphatic carbocycles. The number of halogens is 4. The van der Waals surface area contributed by atoms with Gasteiger partial charge >= 0.3 is 6.18 Å². The number of hydrogen-bond acceptors (Lipinski definition) is 4. The van der Waals surface area contributed by atoms with Crippen LogP contribution in [0.3, 0.4) is 0 Å². The monoisotopic (exact) mass is 374 g/mol. The van der Waals surface area contributed by atoms with E-state index in [1.54, 1.807) is 20.9 Å². The van der Waals surface area contributed by atoms with Gasteiger partial charge in [0.15, 0.2) is 11.6 Å². The minimum atomic E-state index is -4.63. The molecule has 26 heavy (non-hydrogen) atoms. The Labute approximate surface area is 149 Å². The molecule has 1 aromatic heterocycles. The first kappa shape index (κ1) is 20.2. The number of benzene rings is 1. The molecular weight excluding hydrogens is 352 g/mol. The van der Waals surface area contributed by atoms with Crippen LogP contribution in [0.5, 0.6) is 5.75 Å². The molecule has 0 saturated heterocycles. The Morgan fingerprint density at radius 2 is 2.00 bits per heavy atom. The lowest BCUT2D eigenvalue weighted by molar-refractivity contribution is -0.137. The van der Waals surface area contributed by atoms with E-state index in [1.807, 2.05) is 4.90 Å². The summed E-state index contributed by atoms with van der Waals surface area (Å²) in [7, 11) is 1.80. The Morgan fingerprint density at radius 3 is 2.58 bits per heavy atom. The molecule has 0 aliphatic rings. The van der Waals surface area contributed by atoms with Crippen molar-refractivity contribution in [3.05, 3.63) is 35.3 Å². The number of aromatic amines is 1. The fraction of sp³-hybridized carbons (Fsp3) is 0.471. The van der Waals surface area contributed by atoms with Crippen molar-refractivity contribution in [1.82, 2.24) is 15.1 Å². The van der Waals surface area contributed by atoms with Gasteiger partial charge in [-0.15, -0.1) is 0 Å². The van der Waals surface area contributed by atoms with Crippen LogP contribution in [-0.2, 0) is 12.7 Å². The largest absolute Gasteiger partial charge is 0.488 e. The van der Waals surface area contributed by atoms with Gasteiger partial charge in [0.05, 0.1) is 23.6 Å². The number of nitrogens with one attached hydrogen (secondary N) is 1. The number of nitrogens with zero attached hydrogens (tertiary/aromatic N) is 2. The number of alkyl halides is 3. The third kappa shape index (κ3) is 4.73. The number of ether oxygens (including phenoxy) is 1. The van der Waals surface area contributed by atoms with Gasteiger partial charge < -0.3 is 15.4 Å². The molecule has 144 valence electrons. The van der Waals surface area contributed by atoms with Crippen LogP contribution in [-0.4, -0.2) is 41.3 Å². The second-order valence-corrected chi connectivity index (χ2v) is 6.30. The van der Waals surface area contributed by atoms with Crippen LogP contribution in [0.4, 0.5) is 17.6 Å². The fourth-order valence-corrected chi connectivity index (χ4v) is 2.54. The fourth-order valence-electron chi connectivity index (χ4n) is 2.54. The van der Waals surface area contributed by atoms with Gasteiger partial charge in [-0.2, -0.15) is 18.3 Å². The van der Waals surface area contributed by atoms with Crippen LogP contribution < -0.4 is 10.5 Å². The molecule has 0 atom stereocenters. The van der Waals surface area contributed by atoms with Crippen molar-refractivity contribution in [3.63, 3.8) is 0 Å². The molecule has 0 radical (unpaired) electrons. The summed E-state index contributed by atoms with van der Waals surface area (Å²) in [5.41, 5.74) is 5.03. The average Bonchev–Trinajstić information content (AvgIpc) is 2.95. The standard InChI is InChI=1S/C17H22F4N4O/c1-10(2)26-14-7-12(17(19,20)21)6-13(15(14)18)16-11(8-23-24-16)9-25(3)5-4-22/h6-8,10H,4-5,9,22H2,1-3H3,(H,23,24). The summed E-state index contributed by atoms with van der Waals surface area (Å²) in [4.78, 5) is 1.87. The highest BCUT2D eigenvalue weighted by Crippen LogP contribution is 2.38. The molecule has 1 heterocycles. The number of aromatic nitrogens is 2. The second kappa shape index (κ2) is 8.05. The van der Waals surface area contributed by atoms with E-state index in [4.69, 9.17) is 10.5 Å². The van der Waals surface area contributed by atoms with Crippen molar-refractivity contribution in [3.8, 4) is 17.0 Å². The molecule has 0 unspecified atom stereocenters. The van der Waals surface area contributed by atoms with Crippen LogP contribution in [0, 0.1) is 5.82 Å². The van der Waals surface area contributed by atoms with Crippen molar-refractivity contribution in [2.45, 2.75) is 32.7 Å². The van der Waals surface area contributed by atoms with Crippen molar-refractivity contribution in [2.75, 3.05) is 20.1 Å². The van der Waals surface area contributed by atoms with Crippen LogP contribution in [0.1, 0.15) is 25.0 Å². The lowest BCUT2D eigenvalue weighted by atomic mass is 10.0. The molecule has 9 heteroatoms. The zero-order chi connectivity index (χ0) is 19.5. The summed E-state index contributed by atoms with van der Waals surface area (Å²) in [5.74, 6) is -1.31. The van der Waals surface area contributed by atoms with E-state index < -0.39 is 29.4 Å². The Balaban J connectivity index is 2.54. The van der Waals surface area contributed by atoms with Crippen LogP contribution >= 0.6 is 0 Å². The normalized spacial score (nSPS) is 12.2. The van der Waals surface area contributed by atoms with Crippen LogP contribution in [0.2, 0.25) is 0 Å². The average molecular weight is 374 g/mol. The van der Waals surface area contributed by atoms with Crippen molar-refractivity contribution >= 4 is 0 Å². The predicted octanol–water partition coefficient (Wildman–Crippen LogP) is 3.41. The molecule has 0 aliphatic heterocycles. The van der Waals surface area contributed by atoms with Crippen LogP contribution in [0.15, 0.2) is 18.3 Å². The van der Waals surface area contributed by atoms with Gasteiger partial charge in [-0.05, 0) is 33.0 Å². The summed E-state index contributed by atoms with van der Waals surface area (Å²) in [6.07, 6.45) is -3.64. The second-order valence-electron chi connectivity index (χ2n) is 6.30. The van der Waals surface area contributed by atoms with Gasteiger partial charge in [0.2, 0.25) is 0 Å². The van der Waals surface area contributed by atoms with E-state index in [0.717, 1.165) is 6.07 Å². The lowest BCUT2D eigenvalue weighted by Gasteiger charge is -2.18. The first-order valence-electron chi connectivity index (χ1n) is 8.12. The Hall–Kier alpha value is -2.13. The summed E-state index contributed by atoms with van der Waals surface area (Å²) in [6.45, 7) is 4.59. The highest BCUT2D eigenvalue weighted by molar-refractivity contribution is 5.67. The van der Waals surface area contributed by atoms with Gasteiger partial charge in [-0.1, -0.05) is 0 Å². The molecule has 0 bridgehead atoms. The lowest BCUT2D eigenvalue weighted by Crippen LogP contribution is -2.25. The Bertz CT molecular complexity index is 743. The smallest absolute Gasteiger partial charge is 0.416 e. The van der Waals surface area contributed by atoms with Crippen molar-refractivity contribution in [1.29, 1.82) is 0 Å². The third-order valence-corrected chi connectivity index (χ3v) is 3.67. The van der Waals surface area contributed by atoms with Crippen molar-refractivity contribution < 1.29 is 22.3 Å². The molecule has 2 aromatic rings. The van der Waals surface area contributed by atoms with Crippen molar-refractivity contribution in [2.24, 2.45) is 5.73 Å². The third-order valence-electron chi connectivity index (χ3n) is 3.67. The minimum absolute atomic E-state index is 0.186. The van der Waals surface area contributed by atoms with E-state index in [-0.39, 0.29) is 11.3 Å². The SMILES string of the molecule is CC(C)Oc1cc(C(F)(F)F)cc(-c2[nH]ncc2CN(C)CCN)c1F. The van der Waals surface area contributed by atoms with Gasteiger partial charge in [0.25, 0.3) is 0 Å². The maximum absolute atomic E-state index is 14.9. The van der Waals surface area contributed by atoms with Gasteiger partial charge in [0, 0.05) is 30.8 Å². The predicted molar refractivity (Wildman–Crippen MR) is 90.1 cm³/mol. The summed E-state index contributed by atoms with van der Waals surface area (Å²) >= 11 is 0. The number of rotatable bonds is 7. The number of nitrogens with two attached hydrogens (primary N) is 1. The van der Waals surface area contributed by atoms with Gasteiger partial charge in [-0.3, -0.25) is 5.10 Å². The first-order chi connectivity index (χ1) is 12.1. The number of likely N-dealkylation sites (N-methyl/N-ethyl adjacent to an activating group) is 1.